The summed E-state index contributed by atoms with van der Waals surface area (Å²) < 4.78 is 11.6. The maximum absolute atomic E-state index is 12.3. The molecule has 0 bridgehead atoms. The van der Waals surface area contributed by atoms with Crippen LogP contribution in [0.15, 0.2) is 34.5 Å². The highest BCUT2D eigenvalue weighted by Gasteiger charge is 2.39. The largest absolute Gasteiger partial charge is 0.486 e. The lowest BCUT2D eigenvalue weighted by Gasteiger charge is -2.29. The molecule has 1 atom stereocenters. The molecule has 0 aromatic heterocycles. The second kappa shape index (κ2) is 6.91. The molecule has 6 nitrogen and oxygen atoms in total. The van der Waals surface area contributed by atoms with E-state index in [0.717, 1.165) is 17.9 Å². The van der Waals surface area contributed by atoms with Crippen molar-refractivity contribution in [2.24, 2.45) is 10.2 Å². The number of benzene rings is 1. The van der Waals surface area contributed by atoms with Crippen molar-refractivity contribution in [3.05, 3.63) is 24.3 Å². The van der Waals surface area contributed by atoms with Crippen LogP contribution in [-0.2, 0) is 4.79 Å². The van der Waals surface area contributed by atoms with Gasteiger partial charge < -0.3 is 14.4 Å². The number of likely N-dealkylation sites (N-methyl/N-ethyl adjacent to an activating group) is 1. The lowest BCUT2D eigenvalue weighted by Crippen LogP contribution is -2.42. The second-order valence-electron chi connectivity index (χ2n) is 6.16. The van der Waals surface area contributed by atoms with E-state index in [0.29, 0.717) is 32.4 Å². The Labute approximate surface area is 141 Å². The van der Waals surface area contributed by atoms with Crippen molar-refractivity contribution in [2.45, 2.75) is 37.5 Å². The van der Waals surface area contributed by atoms with Crippen LogP contribution in [0.1, 0.15) is 25.7 Å². The van der Waals surface area contributed by atoms with E-state index >= 15 is 0 Å². The fourth-order valence-electron chi connectivity index (χ4n) is 2.73. The van der Waals surface area contributed by atoms with E-state index in [1.165, 1.54) is 0 Å². The van der Waals surface area contributed by atoms with E-state index in [-0.39, 0.29) is 12.0 Å². The normalized spacial score (nSPS) is 19.4. The lowest BCUT2D eigenvalue weighted by molar-refractivity contribution is -0.131. The molecular weight excluding hydrogens is 306 g/mol. The van der Waals surface area contributed by atoms with Gasteiger partial charge in [0.2, 0.25) is 5.91 Å². The molecule has 24 heavy (non-hydrogen) atoms. The molecule has 1 aromatic carbocycles. The number of carbonyl (C=O) groups excluding carboxylic acids is 1. The second-order valence-corrected chi connectivity index (χ2v) is 6.16. The summed E-state index contributed by atoms with van der Waals surface area (Å²) in [5.74, 6) is 4.11. The molecule has 126 valence electrons. The molecule has 1 amide bonds. The van der Waals surface area contributed by atoms with Crippen LogP contribution in [0.2, 0.25) is 0 Å². The Morgan fingerprint density at radius 3 is 2.83 bits per heavy atom. The molecule has 0 saturated heterocycles. The molecule has 6 heteroatoms. The summed E-state index contributed by atoms with van der Waals surface area (Å²) in [7, 11) is 1.78. The van der Waals surface area contributed by atoms with Crippen molar-refractivity contribution < 1.29 is 14.3 Å². The third-order valence-corrected chi connectivity index (χ3v) is 4.26. The van der Waals surface area contributed by atoms with Crippen LogP contribution in [-0.4, -0.2) is 42.8 Å². The summed E-state index contributed by atoms with van der Waals surface area (Å²) in [5, 5.41) is 8.11. The van der Waals surface area contributed by atoms with Crippen molar-refractivity contribution in [1.82, 2.24) is 4.90 Å². The Balaban J connectivity index is 1.45. The number of amides is 1. The van der Waals surface area contributed by atoms with Gasteiger partial charge in [0.25, 0.3) is 0 Å². The first-order chi connectivity index (χ1) is 11.6. The van der Waals surface area contributed by atoms with Crippen LogP contribution < -0.4 is 9.47 Å². The highest BCUT2D eigenvalue weighted by molar-refractivity contribution is 5.76. The third-order valence-electron chi connectivity index (χ3n) is 4.26. The van der Waals surface area contributed by atoms with Gasteiger partial charge in [-0.25, -0.2) is 0 Å². The first-order valence-corrected chi connectivity index (χ1v) is 8.12. The Hall–Kier alpha value is -2.55. The Kier molecular flexibility index (Phi) is 4.70. The first-order valence-electron chi connectivity index (χ1n) is 8.12. The minimum Gasteiger partial charge on any atom is -0.486 e. The van der Waals surface area contributed by atoms with E-state index in [1.807, 2.05) is 24.3 Å². The minimum atomic E-state index is -0.410. The number of carbonyl (C=O) groups is 1. The Morgan fingerprint density at radius 2 is 2.12 bits per heavy atom. The lowest BCUT2D eigenvalue weighted by atomic mass is 10.0. The number of nitrogens with zero attached hydrogens (tertiary/aromatic N) is 3. The zero-order chi connectivity index (χ0) is 17.0. The van der Waals surface area contributed by atoms with E-state index in [2.05, 4.69) is 16.1 Å². The molecule has 2 heterocycles. The zero-order valence-corrected chi connectivity index (χ0v) is 13.8. The molecule has 0 fully saturated rings. The molecular formula is C18H21N3O3. The summed E-state index contributed by atoms with van der Waals surface area (Å²) in [6.45, 7) is 0.921. The van der Waals surface area contributed by atoms with Gasteiger partial charge in [-0.05, 0) is 12.1 Å². The van der Waals surface area contributed by atoms with Crippen molar-refractivity contribution in [1.29, 1.82) is 0 Å². The highest BCUT2D eigenvalue weighted by Crippen LogP contribution is 2.37. The maximum atomic E-state index is 12.3. The van der Waals surface area contributed by atoms with Crippen LogP contribution in [0.5, 0.6) is 11.5 Å². The van der Waals surface area contributed by atoms with Gasteiger partial charge in [-0.15, -0.1) is 12.3 Å². The monoisotopic (exact) mass is 327 g/mol. The third kappa shape index (κ3) is 3.85. The van der Waals surface area contributed by atoms with Crippen LogP contribution in [0, 0.1) is 12.3 Å². The van der Waals surface area contributed by atoms with Gasteiger partial charge >= 0.3 is 0 Å². The van der Waals surface area contributed by atoms with Crippen LogP contribution in [0.4, 0.5) is 0 Å². The smallest absolute Gasteiger partial charge is 0.222 e. The molecule has 0 N–H and O–H groups in total. The van der Waals surface area contributed by atoms with Crippen molar-refractivity contribution in [3.8, 4) is 23.8 Å². The van der Waals surface area contributed by atoms with Crippen LogP contribution >= 0.6 is 0 Å². The first kappa shape index (κ1) is 16.3. The summed E-state index contributed by atoms with van der Waals surface area (Å²) in [6.07, 6.45) is 7.47. The Bertz CT molecular complexity index is 674. The molecule has 0 saturated carbocycles. The Morgan fingerprint density at radius 1 is 1.38 bits per heavy atom. The number of terminal acetylenes is 1. The van der Waals surface area contributed by atoms with Gasteiger partial charge in [0.15, 0.2) is 23.3 Å². The molecule has 1 aromatic rings. The van der Waals surface area contributed by atoms with Crippen molar-refractivity contribution in [3.63, 3.8) is 0 Å². The van der Waals surface area contributed by atoms with Gasteiger partial charge in [-0.3, -0.25) is 4.79 Å². The average molecular weight is 327 g/mol. The molecule has 0 spiro atoms. The molecule has 0 aliphatic carbocycles. The van der Waals surface area contributed by atoms with Gasteiger partial charge in [0.1, 0.15) is 6.61 Å². The van der Waals surface area contributed by atoms with E-state index in [1.54, 1.807) is 11.9 Å². The summed E-state index contributed by atoms with van der Waals surface area (Å²) in [4.78, 5) is 14.0. The highest BCUT2D eigenvalue weighted by atomic mass is 16.6. The quantitative estimate of drug-likeness (QED) is 0.723. The number of para-hydroxylation sites is 2. The fraction of sp³-hybridized carbons (Fsp3) is 0.500. The van der Waals surface area contributed by atoms with Crippen molar-refractivity contribution >= 4 is 5.91 Å². The topological polar surface area (TPSA) is 63.5 Å². The molecule has 2 aliphatic heterocycles. The summed E-state index contributed by atoms with van der Waals surface area (Å²) in [6, 6.07) is 7.55. The zero-order valence-electron chi connectivity index (χ0n) is 13.8. The van der Waals surface area contributed by atoms with Gasteiger partial charge in [-0.1, -0.05) is 12.1 Å². The average Bonchev–Trinajstić information content (AvgIpc) is 3.38. The fourth-order valence-corrected chi connectivity index (χ4v) is 2.73. The van der Waals surface area contributed by atoms with E-state index < -0.39 is 5.66 Å². The predicted octanol–water partition coefficient (Wildman–Crippen LogP) is 2.64. The van der Waals surface area contributed by atoms with E-state index in [9.17, 15) is 4.79 Å². The van der Waals surface area contributed by atoms with Crippen LogP contribution in [0.25, 0.3) is 0 Å². The molecule has 3 rings (SSSR count). The molecule has 2 aliphatic rings. The SMILES string of the molecule is C#CCCC1(CCC(=O)N(C)CC2COc3ccccc3O2)N=N1. The number of rotatable bonds is 7. The summed E-state index contributed by atoms with van der Waals surface area (Å²) >= 11 is 0. The standard InChI is InChI=1S/C18H21N3O3/c1-3-4-10-18(19-20-18)11-9-17(22)21(2)12-14-13-23-15-7-5-6-8-16(15)24-14/h1,5-8,14H,4,9-13H2,2H3. The predicted molar refractivity (Wildman–Crippen MR) is 88.9 cm³/mol. The van der Waals surface area contributed by atoms with Gasteiger partial charge in [0.05, 0.1) is 6.54 Å². The number of ether oxygens (including phenoxy) is 2. The van der Waals surface area contributed by atoms with Gasteiger partial charge in [-0.2, -0.15) is 10.2 Å². The minimum absolute atomic E-state index is 0.0508. The van der Waals surface area contributed by atoms with Crippen molar-refractivity contribution in [2.75, 3.05) is 20.2 Å². The number of hydrogen-bond acceptors (Lipinski definition) is 5. The summed E-state index contributed by atoms with van der Waals surface area (Å²) in [5.41, 5.74) is -0.410. The van der Waals surface area contributed by atoms with Crippen LogP contribution in [0.3, 0.4) is 0 Å². The number of hydrogen-bond donors (Lipinski definition) is 0. The van der Waals surface area contributed by atoms with E-state index in [4.69, 9.17) is 15.9 Å². The maximum Gasteiger partial charge on any atom is 0.222 e. The number of fused-ring (bicyclic) bond motifs is 1. The van der Waals surface area contributed by atoms with Gasteiger partial charge in [0, 0.05) is 32.7 Å². The molecule has 0 radical (unpaired) electrons. The molecule has 1 unspecified atom stereocenters.